The van der Waals surface area contributed by atoms with Crippen molar-refractivity contribution in [1.29, 1.82) is 0 Å². The maximum Gasteiger partial charge on any atom is 0.352 e. The maximum atomic E-state index is 11.8. The molecule has 18 heavy (non-hydrogen) atoms. The van der Waals surface area contributed by atoms with Gasteiger partial charge in [0, 0.05) is 4.88 Å². The van der Waals surface area contributed by atoms with E-state index in [0.717, 1.165) is 4.88 Å². The van der Waals surface area contributed by atoms with Crippen LogP contribution in [-0.2, 0) is 11.3 Å². The largest absolute Gasteiger partial charge is 0.495 e. The number of hydrogen-bond donors (Lipinski definition) is 0. The molecule has 2 aromatic heterocycles. The Morgan fingerprint density at radius 3 is 3.06 bits per heavy atom. The highest BCUT2D eigenvalue weighted by atomic mass is 32.1. The van der Waals surface area contributed by atoms with E-state index in [1.807, 2.05) is 13.0 Å². The summed E-state index contributed by atoms with van der Waals surface area (Å²) in [5.41, 5.74) is 0. The van der Waals surface area contributed by atoms with E-state index in [1.165, 1.54) is 24.8 Å². The number of aryl methyl sites for hydroxylation is 1. The van der Waals surface area contributed by atoms with Gasteiger partial charge in [-0.25, -0.2) is 14.5 Å². The van der Waals surface area contributed by atoms with Crippen molar-refractivity contribution in [3.63, 3.8) is 0 Å². The van der Waals surface area contributed by atoms with Crippen LogP contribution in [0.1, 0.15) is 14.5 Å². The van der Waals surface area contributed by atoms with Crippen LogP contribution < -0.4 is 4.74 Å². The molecule has 6 nitrogen and oxygen atoms in total. The minimum atomic E-state index is -0.370. The normalized spacial score (nSPS) is 10.3. The zero-order valence-electron chi connectivity index (χ0n) is 10.1. The van der Waals surface area contributed by atoms with E-state index in [9.17, 15) is 4.79 Å². The number of carbonyl (C=O) groups is 1. The molecule has 7 heteroatoms. The van der Waals surface area contributed by atoms with E-state index in [-0.39, 0.29) is 12.6 Å². The number of ether oxygens (including phenoxy) is 2. The van der Waals surface area contributed by atoms with Gasteiger partial charge in [-0.2, -0.15) is 5.10 Å². The lowest BCUT2D eigenvalue weighted by atomic mass is 10.4. The topological polar surface area (TPSA) is 66.2 Å². The molecule has 0 aliphatic rings. The zero-order valence-corrected chi connectivity index (χ0v) is 10.9. The summed E-state index contributed by atoms with van der Waals surface area (Å²) in [7, 11) is 1.54. The van der Waals surface area contributed by atoms with Crippen LogP contribution in [0.25, 0.3) is 0 Å². The number of carbonyl (C=O) groups excluding carboxylic acids is 1. The molecule has 0 saturated heterocycles. The number of aromatic nitrogens is 3. The van der Waals surface area contributed by atoms with Gasteiger partial charge < -0.3 is 9.47 Å². The van der Waals surface area contributed by atoms with Crippen molar-refractivity contribution in [3.8, 4) is 5.75 Å². The van der Waals surface area contributed by atoms with E-state index in [0.29, 0.717) is 17.2 Å². The molecule has 96 valence electrons. The first-order chi connectivity index (χ1) is 8.70. The van der Waals surface area contributed by atoms with Gasteiger partial charge in [-0.05, 0) is 13.0 Å². The first-order valence-corrected chi connectivity index (χ1v) is 6.16. The first-order valence-electron chi connectivity index (χ1n) is 5.34. The quantitative estimate of drug-likeness (QED) is 0.768. The summed E-state index contributed by atoms with van der Waals surface area (Å²) in [6, 6.07) is 1.82. The minimum absolute atomic E-state index is 0.252. The highest BCUT2D eigenvalue weighted by Crippen LogP contribution is 2.29. The molecular weight excluding hydrogens is 254 g/mol. The molecule has 2 rings (SSSR count). The molecule has 2 aromatic rings. The van der Waals surface area contributed by atoms with Gasteiger partial charge in [0.25, 0.3) is 0 Å². The van der Waals surface area contributed by atoms with Crippen LogP contribution in [0.5, 0.6) is 5.75 Å². The van der Waals surface area contributed by atoms with Crippen LogP contribution in [0.2, 0.25) is 0 Å². The molecular formula is C11H13N3O3S. The average Bonchev–Trinajstić information content (AvgIpc) is 2.98. The fourth-order valence-electron chi connectivity index (χ4n) is 1.43. The molecule has 0 spiro atoms. The highest BCUT2D eigenvalue weighted by Gasteiger charge is 2.17. The molecule has 2 heterocycles. The Morgan fingerprint density at radius 1 is 1.56 bits per heavy atom. The van der Waals surface area contributed by atoms with Gasteiger partial charge in [0.05, 0.1) is 13.7 Å². The highest BCUT2D eigenvalue weighted by molar-refractivity contribution is 7.14. The number of rotatable bonds is 5. The molecule has 0 aromatic carbocycles. The molecule has 0 unspecified atom stereocenters. The lowest BCUT2D eigenvalue weighted by Gasteiger charge is -2.04. The SMILES string of the molecule is COc1cc(C)sc1C(=O)OCCn1cncn1. The van der Waals surface area contributed by atoms with Crippen LogP contribution in [0.3, 0.4) is 0 Å². The minimum Gasteiger partial charge on any atom is -0.495 e. The second-order valence-electron chi connectivity index (χ2n) is 3.55. The Kier molecular flexibility index (Phi) is 3.93. The van der Waals surface area contributed by atoms with Crippen molar-refractivity contribution in [1.82, 2.24) is 14.8 Å². The predicted octanol–water partition coefficient (Wildman–Crippen LogP) is 1.51. The summed E-state index contributed by atoms with van der Waals surface area (Å²) in [6.07, 6.45) is 3.01. The van der Waals surface area contributed by atoms with Crippen LogP contribution >= 0.6 is 11.3 Å². The maximum absolute atomic E-state index is 11.8. The van der Waals surface area contributed by atoms with Crippen molar-refractivity contribution < 1.29 is 14.3 Å². The van der Waals surface area contributed by atoms with Crippen LogP contribution in [0.15, 0.2) is 18.7 Å². The summed E-state index contributed by atoms with van der Waals surface area (Å²) >= 11 is 1.36. The molecule has 0 aliphatic heterocycles. The average molecular weight is 267 g/mol. The van der Waals surface area contributed by atoms with Gasteiger partial charge in [0.2, 0.25) is 0 Å². The lowest BCUT2D eigenvalue weighted by Crippen LogP contribution is -2.11. The number of esters is 1. The Morgan fingerprint density at radius 2 is 2.39 bits per heavy atom. The van der Waals surface area contributed by atoms with E-state index in [2.05, 4.69) is 10.1 Å². The molecule has 0 amide bonds. The van der Waals surface area contributed by atoms with Crippen molar-refractivity contribution in [2.24, 2.45) is 0 Å². The van der Waals surface area contributed by atoms with Crippen LogP contribution in [-0.4, -0.2) is 34.5 Å². The second-order valence-corrected chi connectivity index (χ2v) is 4.81. The summed E-state index contributed by atoms with van der Waals surface area (Å²) in [5, 5.41) is 3.92. The standard InChI is InChI=1S/C11H13N3O3S/c1-8-5-9(16-2)10(18-8)11(15)17-4-3-14-7-12-6-13-14/h5-7H,3-4H2,1-2H3. The third kappa shape index (κ3) is 2.86. The van der Waals surface area contributed by atoms with E-state index in [4.69, 9.17) is 9.47 Å². The van der Waals surface area contributed by atoms with Gasteiger partial charge in [0.15, 0.2) is 4.88 Å². The summed E-state index contributed by atoms with van der Waals surface area (Å²) in [4.78, 5) is 17.1. The molecule has 0 saturated carbocycles. The van der Waals surface area contributed by atoms with Gasteiger partial charge in [-0.1, -0.05) is 0 Å². The molecule has 0 atom stereocenters. The third-order valence-electron chi connectivity index (χ3n) is 2.25. The zero-order chi connectivity index (χ0) is 13.0. The van der Waals surface area contributed by atoms with Crippen molar-refractivity contribution in [3.05, 3.63) is 28.5 Å². The smallest absolute Gasteiger partial charge is 0.352 e. The molecule has 0 radical (unpaired) electrons. The lowest BCUT2D eigenvalue weighted by molar-refractivity contribution is 0.0490. The Bertz CT molecular complexity index is 522. The molecule has 0 bridgehead atoms. The van der Waals surface area contributed by atoms with Crippen LogP contribution in [0, 0.1) is 6.92 Å². The fourth-order valence-corrected chi connectivity index (χ4v) is 2.30. The third-order valence-corrected chi connectivity index (χ3v) is 3.26. The Balaban J connectivity index is 1.91. The van der Waals surface area contributed by atoms with Gasteiger partial charge in [-0.15, -0.1) is 11.3 Å². The summed E-state index contributed by atoms with van der Waals surface area (Å²) < 4.78 is 11.9. The number of thiophene rings is 1. The van der Waals surface area contributed by atoms with Crippen molar-refractivity contribution >= 4 is 17.3 Å². The Hall–Kier alpha value is -1.89. The first kappa shape index (κ1) is 12.6. The van der Waals surface area contributed by atoms with E-state index in [1.54, 1.807) is 11.0 Å². The molecule has 0 N–H and O–H groups in total. The van der Waals surface area contributed by atoms with Gasteiger partial charge in [0.1, 0.15) is 25.0 Å². The fraction of sp³-hybridized carbons (Fsp3) is 0.364. The second kappa shape index (κ2) is 5.63. The summed E-state index contributed by atoms with van der Waals surface area (Å²) in [5.74, 6) is 0.188. The predicted molar refractivity (Wildman–Crippen MR) is 65.9 cm³/mol. The van der Waals surface area contributed by atoms with Gasteiger partial charge in [-0.3, -0.25) is 0 Å². The number of nitrogens with zero attached hydrogens (tertiary/aromatic N) is 3. The van der Waals surface area contributed by atoms with Crippen molar-refractivity contribution in [2.45, 2.75) is 13.5 Å². The monoisotopic (exact) mass is 267 g/mol. The van der Waals surface area contributed by atoms with E-state index < -0.39 is 0 Å². The van der Waals surface area contributed by atoms with E-state index >= 15 is 0 Å². The molecule has 0 aliphatic carbocycles. The van der Waals surface area contributed by atoms with Crippen molar-refractivity contribution in [2.75, 3.05) is 13.7 Å². The van der Waals surface area contributed by atoms with Gasteiger partial charge >= 0.3 is 5.97 Å². The molecule has 0 fully saturated rings. The number of hydrogen-bond acceptors (Lipinski definition) is 6. The van der Waals surface area contributed by atoms with Crippen LogP contribution in [0.4, 0.5) is 0 Å². The number of methoxy groups -OCH3 is 1. The summed E-state index contributed by atoms with van der Waals surface area (Å²) in [6.45, 7) is 2.65. The Labute approximate surface area is 108 Å².